The minimum atomic E-state index is -0.952. The fraction of sp³-hybridized carbons (Fsp3) is 0.455. The highest BCUT2D eigenvalue weighted by Gasteiger charge is 2.32. The van der Waals surface area contributed by atoms with Crippen molar-refractivity contribution in [2.75, 3.05) is 0 Å². The van der Waals surface area contributed by atoms with Crippen LogP contribution in [0.4, 0.5) is 0 Å². The fourth-order valence-corrected chi connectivity index (χ4v) is 2.08. The zero-order valence-corrected chi connectivity index (χ0v) is 8.44. The first-order chi connectivity index (χ1) is 7.12. The number of pyridine rings is 1. The van der Waals surface area contributed by atoms with Gasteiger partial charge in [-0.2, -0.15) is 0 Å². The maximum absolute atomic E-state index is 10.6. The lowest BCUT2D eigenvalue weighted by Gasteiger charge is -2.22. The summed E-state index contributed by atoms with van der Waals surface area (Å²) in [6.45, 7) is 0. The number of hydrogen-bond acceptors (Lipinski definition) is 3. The predicted octanol–water partition coefficient (Wildman–Crippen LogP) is 1.51. The van der Waals surface area contributed by atoms with Gasteiger partial charge in [0.1, 0.15) is 0 Å². The van der Waals surface area contributed by atoms with E-state index in [1.54, 1.807) is 12.1 Å². The topological polar surface area (TPSA) is 76.2 Å². The normalized spacial score (nSPS) is 19.0. The lowest BCUT2D eigenvalue weighted by atomic mass is 9.94. The number of nitrogens with two attached hydrogens (primary N) is 1. The monoisotopic (exact) mass is 206 g/mol. The molecule has 4 nitrogen and oxygen atoms in total. The molecule has 1 fully saturated rings. The summed E-state index contributed by atoms with van der Waals surface area (Å²) in [4.78, 5) is 14.8. The van der Waals surface area contributed by atoms with Gasteiger partial charge in [0.25, 0.3) is 0 Å². The Morgan fingerprint density at radius 3 is 2.53 bits per heavy atom. The van der Waals surface area contributed by atoms with Gasteiger partial charge in [-0.25, -0.2) is 4.79 Å². The zero-order valence-electron chi connectivity index (χ0n) is 8.44. The summed E-state index contributed by atoms with van der Waals surface area (Å²) < 4.78 is 0. The molecule has 0 radical (unpaired) electrons. The van der Waals surface area contributed by atoms with Crippen LogP contribution in [0.5, 0.6) is 0 Å². The third kappa shape index (κ3) is 1.85. The summed E-state index contributed by atoms with van der Waals surface area (Å²) in [6.07, 6.45) is 5.50. The van der Waals surface area contributed by atoms with Crippen molar-refractivity contribution in [1.82, 2.24) is 4.98 Å². The number of carboxylic acids is 1. The van der Waals surface area contributed by atoms with Crippen LogP contribution < -0.4 is 5.73 Å². The number of carbonyl (C=O) groups is 1. The molecule has 0 bridgehead atoms. The molecule has 0 aliphatic heterocycles. The van der Waals surface area contributed by atoms with E-state index in [2.05, 4.69) is 4.98 Å². The molecule has 0 unspecified atom stereocenters. The Labute approximate surface area is 88.1 Å². The first-order valence-corrected chi connectivity index (χ1v) is 5.10. The number of carboxylic acid groups (broad SMARTS) is 1. The van der Waals surface area contributed by atoms with E-state index >= 15 is 0 Å². The third-order valence-corrected chi connectivity index (χ3v) is 3.02. The van der Waals surface area contributed by atoms with Crippen LogP contribution in [0.2, 0.25) is 0 Å². The Kier molecular flexibility index (Phi) is 2.44. The zero-order chi connectivity index (χ0) is 10.9. The summed E-state index contributed by atoms with van der Waals surface area (Å²) in [5.41, 5.74) is 6.88. The van der Waals surface area contributed by atoms with E-state index in [0.717, 1.165) is 31.4 Å². The Morgan fingerprint density at radius 2 is 2.07 bits per heavy atom. The van der Waals surface area contributed by atoms with E-state index in [0.29, 0.717) is 0 Å². The maximum atomic E-state index is 10.6. The van der Waals surface area contributed by atoms with Gasteiger partial charge in [0.05, 0.1) is 16.8 Å². The summed E-state index contributed by atoms with van der Waals surface area (Å²) in [6, 6.07) is 3.30. The summed E-state index contributed by atoms with van der Waals surface area (Å²) in [7, 11) is 0. The van der Waals surface area contributed by atoms with Crippen molar-refractivity contribution in [3.63, 3.8) is 0 Å². The summed E-state index contributed by atoms with van der Waals surface area (Å²) in [5, 5.41) is 8.73. The minimum Gasteiger partial charge on any atom is -0.478 e. The second-order valence-electron chi connectivity index (χ2n) is 4.10. The van der Waals surface area contributed by atoms with Crippen molar-refractivity contribution in [3.8, 4) is 0 Å². The van der Waals surface area contributed by atoms with Crippen LogP contribution in [0, 0.1) is 0 Å². The first kappa shape index (κ1) is 10.1. The van der Waals surface area contributed by atoms with Crippen LogP contribution in [-0.4, -0.2) is 16.1 Å². The molecule has 0 amide bonds. The predicted molar refractivity (Wildman–Crippen MR) is 55.5 cm³/mol. The summed E-state index contributed by atoms with van der Waals surface area (Å²) >= 11 is 0. The van der Waals surface area contributed by atoms with Crippen LogP contribution in [0.25, 0.3) is 0 Å². The highest BCUT2D eigenvalue weighted by atomic mass is 16.4. The first-order valence-electron chi connectivity index (χ1n) is 5.10. The van der Waals surface area contributed by atoms with Crippen LogP contribution in [0.1, 0.15) is 41.7 Å². The van der Waals surface area contributed by atoms with E-state index in [-0.39, 0.29) is 11.1 Å². The molecule has 15 heavy (non-hydrogen) atoms. The average Bonchev–Trinajstić information content (AvgIpc) is 2.67. The van der Waals surface area contributed by atoms with E-state index in [1.165, 1.54) is 6.20 Å². The Bertz CT molecular complexity index is 367. The molecule has 80 valence electrons. The highest BCUT2D eigenvalue weighted by Crippen LogP contribution is 2.34. The van der Waals surface area contributed by atoms with Gasteiger partial charge in [-0.3, -0.25) is 4.98 Å². The minimum absolute atomic E-state index is 0.209. The molecule has 2 rings (SSSR count). The van der Waals surface area contributed by atoms with Crippen LogP contribution in [0.3, 0.4) is 0 Å². The Balaban J connectivity index is 2.26. The van der Waals surface area contributed by atoms with E-state index in [9.17, 15) is 4.79 Å². The Morgan fingerprint density at radius 1 is 1.40 bits per heavy atom. The van der Waals surface area contributed by atoms with E-state index < -0.39 is 5.97 Å². The number of hydrogen-bond donors (Lipinski definition) is 2. The van der Waals surface area contributed by atoms with Crippen molar-refractivity contribution in [2.45, 2.75) is 31.2 Å². The quantitative estimate of drug-likeness (QED) is 0.769. The second-order valence-corrected chi connectivity index (χ2v) is 4.10. The number of aromatic carboxylic acids is 1. The molecule has 0 aromatic carbocycles. The highest BCUT2D eigenvalue weighted by molar-refractivity contribution is 5.87. The fourth-order valence-electron chi connectivity index (χ4n) is 2.08. The standard InChI is InChI=1S/C11H14N2O2/c12-11(5-1-2-6-11)9-4-3-8(7-13-9)10(14)15/h3-4,7H,1-2,5-6,12H2,(H,14,15). The van der Waals surface area contributed by atoms with E-state index in [1.807, 2.05) is 0 Å². The molecule has 1 saturated carbocycles. The SMILES string of the molecule is NC1(c2ccc(C(=O)O)cn2)CCCC1. The van der Waals surface area contributed by atoms with Crippen molar-refractivity contribution in [3.05, 3.63) is 29.6 Å². The van der Waals surface area contributed by atoms with Crippen LogP contribution in [0.15, 0.2) is 18.3 Å². The molecule has 1 aromatic rings. The van der Waals surface area contributed by atoms with Crippen LogP contribution >= 0.6 is 0 Å². The van der Waals surface area contributed by atoms with Crippen molar-refractivity contribution in [2.24, 2.45) is 5.73 Å². The maximum Gasteiger partial charge on any atom is 0.337 e. The lowest BCUT2D eigenvalue weighted by molar-refractivity contribution is 0.0696. The van der Waals surface area contributed by atoms with Gasteiger partial charge in [0.2, 0.25) is 0 Å². The lowest BCUT2D eigenvalue weighted by Crippen LogP contribution is -2.34. The largest absolute Gasteiger partial charge is 0.478 e. The van der Waals surface area contributed by atoms with Gasteiger partial charge in [0.15, 0.2) is 0 Å². The third-order valence-electron chi connectivity index (χ3n) is 3.02. The molecule has 4 heteroatoms. The van der Waals surface area contributed by atoms with Gasteiger partial charge in [0, 0.05) is 6.20 Å². The summed E-state index contributed by atoms with van der Waals surface area (Å²) in [5.74, 6) is -0.952. The van der Waals surface area contributed by atoms with Crippen molar-refractivity contribution >= 4 is 5.97 Å². The average molecular weight is 206 g/mol. The molecule has 1 aromatic heterocycles. The molecular weight excluding hydrogens is 192 g/mol. The molecule has 1 aliphatic rings. The molecule has 1 aliphatic carbocycles. The molecule has 0 saturated heterocycles. The number of aromatic nitrogens is 1. The Hall–Kier alpha value is -1.42. The smallest absolute Gasteiger partial charge is 0.337 e. The second kappa shape index (κ2) is 3.62. The molecule has 0 spiro atoms. The van der Waals surface area contributed by atoms with Gasteiger partial charge < -0.3 is 10.8 Å². The molecular formula is C11H14N2O2. The molecule has 0 atom stereocenters. The van der Waals surface area contributed by atoms with Crippen molar-refractivity contribution < 1.29 is 9.90 Å². The number of rotatable bonds is 2. The van der Waals surface area contributed by atoms with Gasteiger partial charge in [-0.15, -0.1) is 0 Å². The van der Waals surface area contributed by atoms with Crippen LogP contribution in [-0.2, 0) is 5.54 Å². The number of nitrogens with zero attached hydrogens (tertiary/aromatic N) is 1. The molecule has 1 heterocycles. The van der Waals surface area contributed by atoms with Gasteiger partial charge in [-0.1, -0.05) is 12.8 Å². The molecule has 3 N–H and O–H groups in total. The van der Waals surface area contributed by atoms with Gasteiger partial charge >= 0.3 is 5.97 Å². The van der Waals surface area contributed by atoms with E-state index in [4.69, 9.17) is 10.8 Å². The van der Waals surface area contributed by atoms with Gasteiger partial charge in [-0.05, 0) is 25.0 Å². The van der Waals surface area contributed by atoms with Crippen molar-refractivity contribution in [1.29, 1.82) is 0 Å².